The molecule has 0 atom stereocenters. The van der Waals surface area contributed by atoms with Crippen molar-refractivity contribution in [3.63, 3.8) is 0 Å². The van der Waals surface area contributed by atoms with E-state index in [1.165, 1.54) is 0 Å². The van der Waals surface area contributed by atoms with E-state index in [2.05, 4.69) is 9.97 Å². The van der Waals surface area contributed by atoms with Crippen molar-refractivity contribution in [3.8, 4) is 0 Å². The molecule has 0 radical (unpaired) electrons. The first-order valence-corrected chi connectivity index (χ1v) is 3.77. The average Bonchev–Trinajstić information content (AvgIpc) is 2.47. The number of imidazole rings is 1. The maximum absolute atomic E-state index is 10.2. The smallest absolute Gasteiger partial charge is 0.127 e. The molecule has 3 nitrogen and oxygen atoms in total. The van der Waals surface area contributed by atoms with E-state index >= 15 is 0 Å². The third-order valence-corrected chi connectivity index (χ3v) is 1.72. The Morgan fingerprint density at radius 1 is 1.42 bits per heavy atom. The molecule has 0 unspecified atom stereocenters. The summed E-state index contributed by atoms with van der Waals surface area (Å²) in [5.74, 6) is 0.728. The van der Waals surface area contributed by atoms with Crippen molar-refractivity contribution in [2.45, 2.75) is 6.42 Å². The van der Waals surface area contributed by atoms with Gasteiger partial charge in [-0.2, -0.15) is 0 Å². The van der Waals surface area contributed by atoms with Gasteiger partial charge in [0, 0.05) is 0 Å². The van der Waals surface area contributed by atoms with Crippen LogP contribution in [-0.2, 0) is 11.2 Å². The van der Waals surface area contributed by atoms with Gasteiger partial charge in [0.1, 0.15) is 12.1 Å². The Bertz CT molecular complexity index is 373. The molecule has 0 aliphatic carbocycles. The Balaban J connectivity index is 2.54. The van der Waals surface area contributed by atoms with Gasteiger partial charge in [-0.1, -0.05) is 12.1 Å². The molecule has 12 heavy (non-hydrogen) atoms. The second kappa shape index (κ2) is 2.77. The summed E-state index contributed by atoms with van der Waals surface area (Å²) in [6.45, 7) is 0. The van der Waals surface area contributed by atoms with Crippen molar-refractivity contribution in [2.24, 2.45) is 0 Å². The molecular formula is C9H8N2O. The van der Waals surface area contributed by atoms with Gasteiger partial charge < -0.3 is 9.78 Å². The molecule has 1 aromatic carbocycles. The van der Waals surface area contributed by atoms with Crippen LogP contribution in [0.1, 0.15) is 5.82 Å². The number of nitrogens with one attached hydrogen (secondary N) is 1. The number of hydrogen-bond donors (Lipinski definition) is 1. The molecule has 0 aliphatic rings. The highest BCUT2D eigenvalue weighted by Gasteiger charge is 1.99. The zero-order valence-corrected chi connectivity index (χ0v) is 6.45. The summed E-state index contributed by atoms with van der Waals surface area (Å²) in [4.78, 5) is 17.5. The van der Waals surface area contributed by atoms with E-state index in [0.29, 0.717) is 6.42 Å². The minimum absolute atomic E-state index is 0.356. The molecule has 0 saturated carbocycles. The molecule has 0 saturated heterocycles. The molecule has 0 amide bonds. The molecule has 1 heterocycles. The van der Waals surface area contributed by atoms with Crippen LogP contribution < -0.4 is 0 Å². The second-order valence-electron chi connectivity index (χ2n) is 2.57. The van der Waals surface area contributed by atoms with Crippen LogP contribution in [0.15, 0.2) is 24.3 Å². The number of aromatic nitrogens is 2. The van der Waals surface area contributed by atoms with Crippen molar-refractivity contribution < 1.29 is 4.79 Å². The molecular weight excluding hydrogens is 152 g/mol. The summed E-state index contributed by atoms with van der Waals surface area (Å²) in [7, 11) is 0. The second-order valence-corrected chi connectivity index (χ2v) is 2.57. The predicted octanol–water partition coefficient (Wildman–Crippen LogP) is 1.30. The average molecular weight is 160 g/mol. The quantitative estimate of drug-likeness (QED) is 0.673. The third kappa shape index (κ3) is 1.09. The van der Waals surface area contributed by atoms with Crippen LogP contribution in [-0.4, -0.2) is 16.3 Å². The summed E-state index contributed by atoms with van der Waals surface area (Å²) in [6.07, 6.45) is 1.20. The van der Waals surface area contributed by atoms with Gasteiger partial charge in [-0.3, -0.25) is 0 Å². The van der Waals surface area contributed by atoms with E-state index in [9.17, 15) is 4.79 Å². The van der Waals surface area contributed by atoms with Gasteiger partial charge in [-0.15, -0.1) is 0 Å². The van der Waals surface area contributed by atoms with E-state index in [-0.39, 0.29) is 0 Å². The molecule has 1 N–H and O–H groups in total. The summed E-state index contributed by atoms with van der Waals surface area (Å²) >= 11 is 0. The third-order valence-electron chi connectivity index (χ3n) is 1.72. The van der Waals surface area contributed by atoms with Crippen molar-refractivity contribution in [1.82, 2.24) is 9.97 Å². The van der Waals surface area contributed by atoms with Gasteiger partial charge >= 0.3 is 0 Å². The van der Waals surface area contributed by atoms with Crippen LogP contribution >= 0.6 is 0 Å². The van der Waals surface area contributed by atoms with Crippen LogP contribution in [0.2, 0.25) is 0 Å². The number of para-hydroxylation sites is 2. The number of carbonyl (C=O) groups excluding carboxylic acids is 1. The van der Waals surface area contributed by atoms with Gasteiger partial charge in [0.15, 0.2) is 0 Å². The molecule has 0 aliphatic heterocycles. The highest BCUT2D eigenvalue weighted by atomic mass is 16.1. The van der Waals surface area contributed by atoms with Gasteiger partial charge in [-0.25, -0.2) is 4.98 Å². The topological polar surface area (TPSA) is 45.8 Å². The number of rotatable bonds is 2. The van der Waals surface area contributed by atoms with Crippen LogP contribution in [0.4, 0.5) is 0 Å². The Morgan fingerprint density at radius 3 is 3.00 bits per heavy atom. The van der Waals surface area contributed by atoms with Gasteiger partial charge in [0.05, 0.1) is 17.5 Å². The lowest BCUT2D eigenvalue weighted by molar-refractivity contribution is -0.107. The molecule has 2 aromatic rings. The molecule has 0 fully saturated rings. The lowest BCUT2D eigenvalue weighted by Crippen LogP contribution is -1.86. The van der Waals surface area contributed by atoms with E-state index in [1.807, 2.05) is 24.3 Å². The van der Waals surface area contributed by atoms with Crippen LogP contribution in [0.5, 0.6) is 0 Å². The highest BCUT2D eigenvalue weighted by molar-refractivity contribution is 5.75. The summed E-state index contributed by atoms with van der Waals surface area (Å²) in [5, 5.41) is 0. The zero-order chi connectivity index (χ0) is 8.39. The fraction of sp³-hybridized carbons (Fsp3) is 0.111. The van der Waals surface area contributed by atoms with E-state index in [1.54, 1.807) is 0 Å². The first-order chi connectivity index (χ1) is 5.90. The largest absolute Gasteiger partial charge is 0.342 e. The summed E-state index contributed by atoms with van der Waals surface area (Å²) < 4.78 is 0. The lowest BCUT2D eigenvalue weighted by atomic mass is 10.3. The van der Waals surface area contributed by atoms with Crippen molar-refractivity contribution >= 4 is 17.3 Å². The fourth-order valence-electron chi connectivity index (χ4n) is 1.18. The molecule has 0 bridgehead atoms. The monoisotopic (exact) mass is 160 g/mol. The van der Waals surface area contributed by atoms with E-state index < -0.39 is 0 Å². The standard InChI is InChI=1S/C9H8N2O/c12-6-5-9-10-7-3-1-2-4-8(7)11-9/h1-4,6H,5H2,(H,10,11). The maximum Gasteiger partial charge on any atom is 0.127 e. The predicted molar refractivity (Wildman–Crippen MR) is 45.9 cm³/mol. The SMILES string of the molecule is O=CCc1nc2ccccc2[nH]1. The van der Waals surface area contributed by atoms with Crippen LogP contribution in [0, 0.1) is 0 Å². The number of hydrogen-bond acceptors (Lipinski definition) is 2. The normalized spacial score (nSPS) is 10.3. The molecule has 1 aromatic heterocycles. The van der Waals surface area contributed by atoms with Crippen LogP contribution in [0.25, 0.3) is 11.0 Å². The minimum Gasteiger partial charge on any atom is -0.342 e. The van der Waals surface area contributed by atoms with Gasteiger partial charge in [-0.05, 0) is 12.1 Å². The molecule has 0 spiro atoms. The Kier molecular flexibility index (Phi) is 1.63. The van der Waals surface area contributed by atoms with Crippen LogP contribution in [0.3, 0.4) is 0 Å². The molecule has 60 valence electrons. The first-order valence-electron chi connectivity index (χ1n) is 3.77. The number of nitrogens with zero attached hydrogens (tertiary/aromatic N) is 1. The Hall–Kier alpha value is -1.64. The Morgan fingerprint density at radius 2 is 2.25 bits per heavy atom. The number of benzene rings is 1. The summed E-state index contributed by atoms with van der Waals surface area (Å²) in [6, 6.07) is 7.72. The van der Waals surface area contributed by atoms with Gasteiger partial charge in [0.2, 0.25) is 0 Å². The molecule has 2 rings (SSSR count). The van der Waals surface area contributed by atoms with Crippen molar-refractivity contribution in [2.75, 3.05) is 0 Å². The highest BCUT2D eigenvalue weighted by Crippen LogP contribution is 2.09. The number of aromatic amines is 1. The lowest BCUT2D eigenvalue weighted by Gasteiger charge is -1.82. The summed E-state index contributed by atoms with van der Waals surface area (Å²) in [5.41, 5.74) is 1.89. The Labute approximate surface area is 69.4 Å². The zero-order valence-electron chi connectivity index (χ0n) is 6.45. The van der Waals surface area contributed by atoms with Gasteiger partial charge in [0.25, 0.3) is 0 Å². The van der Waals surface area contributed by atoms with E-state index in [0.717, 1.165) is 23.1 Å². The first kappa shape index (κ1) is 7.03. The van der Waals surface area contributed by atoms with E-state index in [4.69, 9.17) is 0 Å². The maximum atomic E-state index is 10.2. The van der Waals surface area contributed by atoms with Crippen molar-refractivity contribution in [1.29, 1.82) is 0 Å². The number of fused-ring (bicyclic) bond motifs is 1. The fourth-order valence-corrected chi connectivity index (χ4v) is 1.18. The number of aldehydes is 1. The minimum atomic E-state index is 0.356. The van der Waals surface area contributed by atoms with Crippen molar-refractivity contribution in [3.05, 3.63) is 30.1 Å². The number of H-pyrrole nitrogens is 1. The number of carbonyl (C=O) groups is 1. The molecule has 3 heteroatoms.